The highest BCUT2D eigenvalue weighted by Crippen LogP contribution is 2.21. The van der Waals surface area contributed by atoms with E-state index in [0.29, 0.717) is 6.04 Å². The summed E-state index contributed by atoms with van der Waals surface area (Å²) in [6.45, 7) is 9.68. The molecule has 0 amide bonds. The molecule has 21 heavy (non-hydrogen) atoms. The van der Waals surface area contributed by atoms with Crippen LogP contribution in [0.5, 0.6) is 0 Å². The summed E-state index contributed by atoms with van der Waals surface area (Å²) < 4.78 is 0. The van der Waals surface area contributed by atoms with Crippen molar-refractivity contribution in [2.24, 2.45) is 0 Å². The predicted molar refractivity (Wildman–Crippen MR) is 88.6 cm³/mol. The Morgan fingerprint density at radius 1 is 1.14 bits per heavy atom. The summed E-state index contributed by atoms with van der Waals surface area (Å²) >= 11 is 0. The Morgan fingerprint density at radius 2 is 1.90 bits per heavy atom. The fraction of sp³-hybridized carbons (Fsp3) is 0.667. The molecule has 2 bridgehead atoms. The van der Waals surface area contributed by atoms with Gasteiger partial charge in [0.2, 0.25) is 0 Å². The van der Waals surface area contributed by atoms with Gasteiger partial charge in [0.05, 0.1) is 0 Å². The van der Waals surface area contributed by atoms with Crippen LogP contribution >= 0.6 is 0 Å². The van der Waals surface area contributed by atoms with Gasteiger partial charge in [-0.3, -0.25) is 9.80 Å². The van der Waals surface area contributed by atoms with Crippen molar-refractivity contribution in [1.82, 2.24) is 15.1 Å². The zero-order chi connectivity index (χ0) is 14.5. The molecule has 3 aliphatic heterocycles. The molecule has 0 radical (unpaired) electrons. The lowest BCUT2D eigenvalue weighted by molar-refractivity contribution is -0.00447. The largest absolute Gasteiger partial charge is 0.313 e. The molecule has 3 saturated heterocycles. The third kappa shape index (κ3) is 3.85. The molecule has 1 aromatic carbocycles. The van der Waals surface area contributed by atoms with Crippen molar-refractivity contribution in [3.63, 3.8) is 0 Å². The van der Waals surface area contributed by atoms with E-state index in [0.717, 1.165) is 12.6 Å². The number of aryl methyl sites for hydroxylation is 1. The van der Waals surface area contributed by atoms with Gasteiger partial charge < -0.3 is 5.32 Å². The Morgan fingerprint density at radius 3 is 2.52 bits per heavy atom. The van der Waals surface area contributed by atoms with Gasteiger partial charge in [0.25, 0.3) is 0 Å². The molecular weight excluding hydrogens is 258 g/mol. The summed E-state index contributed by atoms with van der Waals surface area (Å²) in [5, 5.41) is 3.76. The Kier molecular flexibility index (Phi) is 5.28. The standard InChI is InChI=1S/C18H29N3/c1-2-19-17(10-6-9-16-7-4-3-5-8-16)18-15-20-11-13-21(18)14-12-20/h3-5,7-8,17-19H,2,6,9-15H2,1H3. The molecule has 3 aliphatic rings. The highest BCUT2D eigenvalue weighted by atomic mass is 15.4. The molecule has 1 N–H and O–H groups in total. The quantitative estimate of drug-likeness (QED) is 0.827. The molecule has 116 valence electrons. The summed E-state index contributed by atoms with van der Waals surface area (Å²) in [6, 6.07) is 12.3. The third-order valence-electron chi connectivity index (χ3n) is 5.08. The number of fused-ring (bicyclic) bond motifs is 3. The molecule has 0 spiro atoms. The average Bonchev–Trinajstić information content (AvgIpc) is 2.56. The van der Waals surface area contributed by atoms with Gasteiger partial charge in [-0.1, -0.05) is 37.3 Å². The second-order valence-electron chi connectivity index (χ2n) is 6.45. The van der Waals surface area contributed by atoms with Gasteiger partial charge >= 0.3 is 0 Å². The summed E-state index contributed by atoms with van der Waals surface area (Å²) in [7, 11) is 0. The highest BCUT2D eigenvalue weighted by molar-refractivity contribution is 5.14. The number of nitrogens with zero attached hydrogens (tertiary/aromatic N) is 2. The van der Waals surface area contributed by atoms with Crippen molar-refractivity contribution in [2.75, 3.05) is 39.3 Å². The SMILES string of the molecule is CCNC(CCCc1ccccc1)C1CN2CCN1CC2. The Labute approximate surface area is 129 Å². The van der Waals surface area contributed by atoms with Gasteiger partial charge in [-0.2, -0.15) is 0 Å². The van der Waals surface area contributed by atoms with Gasteiger partial charge in [0, 0.05) is 44.8 Å². The van der Waals surface area contributed by atoms with Crippen LogP contribution in [0.25, 0.3) is 0 Å². The number of rotatable bonds is 7. The van der Waals surface area contributed by atoms with Crippen molar-refractivity contribution in [2.45, 2.75) is 38.3 Å². The number of benzene rings is 1. The van der Waals surface area contributed by atoms with E-state index < -0.39 is 0 Å². The number of piperazine rings is 3. The van der Waals surface area contributed by atoms with E-state index in [2.05, 4.69) is 52.4 Å². The Bertz CT molecular complexity index is 412. The Balaban J connectivity index is 1.52. The van der Waals surface area contributed by atoms with Crippen molar-refractivity contribution < 1.29 is 0 Å². The minimum atomic E-state index is 0.654. The van der Waals surface area contributed by atoms with Crippen LogP contribution in [0.1, 0.15) is 25.3 Å². The molecule has 2 unspecified atom stereocenters. The molecular formula is C18H29N3. The van der Waals surface area contributed by atoms with E-state index in [9.17, 15) is 0 Å². The lowest BCUT2D eigenvalue weighted by Crippen LogP contribution is -2.66. The molecule has 3 fully saturated rings. The third-order valence-corrected chi connectivity index (χ3v) is 5.08. The lowest BCUT2D eigenvalue weighted by Gasteiger charge is -2.50. The number of hydrogen-bond donors (Lipinski definition) is 1. The molecule has 4 rings (SSSR count). The maximum absolute atomic E-state index is 3.76. The second kappa shape index (κ2) is 7.39. The summed E-state index contributed by atoms with van der Waals surface area (Å²) in [6.07, 6.45) is 3.78. The second-order valence-corrected chi connectivity index (χ2v) is 6.45. The number of hydrogen-bond acceptors (Lipinski definition) is 3. The maximum Gasteiger partial charge on any atom is 0.0377 e. The first-order chi connectivity index (χ1) is 10.4. The van der Waals surface area contributed by atoms with E-state index >= 15 is 0 Å². The first-order valence-corrected chi connectivity index (χ1v) is 8.60. The minimum absolute atomic E-state index is 0.654. The first-order valence-electron chi connectivity index (χ1n) is 8.60. The van der Waals surface area contributed by atoms with Crippen LogP contribution in [0, 0.1) is 0 Å². The van der Waals surface area contributed by atoms with Gasteiger partial charge in [-0.25, -0.2) is 0 Å². The molecule has 3 nitrogen and oxygen atoms in total. The molecule has 2 atom stereocenters. The minimum Gasteiger partial charge on any atom is -0.313 e. The van der Waals surface area contributed by atoms with E-state index in [-0.39, 0.29) is 0 Å². The zero-order valence-electron chi connectivity index (χ0n) is 13.3. The van der Waals surface area contributed by atoms with Crippen LogP contribution in [0.2, 0.25) is 0 Å². The van der Waals surface area contributed by atoms with Crippen molar-refractivity contribution >= 4 is 0 Å². The normalized spacial score (nSPS) is 29.5. The summed E-state index contributed by atoms with van der Waals surface area (Å²) in [4.78, 5) is 5.36. The van der Waals surface area contributed by atoms with Crippen LogP contribution in [0.3, 0.4) is 0 Å². The van der Waals surface area contributed by atoms with Crippen LogP contribution in [0.15, 0.2) is 30.3 Å². The van der Waals surface area contributed by atoms with Crippen molar-refractivity contribution in [3.8, 4) is 0 Å². The van der Waals surface area contributed by atoms with E-state index in [1.807, 2.05) is 0 Å². The van der Waals surface area contributed by atoms with Crippen LogP contribution in [0.4, 0.5) is 0 Å². The summed E-state index contributed by atoms with van der Waals surface area (Å²) in [5.74, 6) is 0. The van der Waals surface area contributed by atoms with Gasteiger partial charge in [0.15, 0.2) is 0 Å². The first kappa shape index (κ1) is 15.0. The van der Waals surface area contributed by atoms with Crippen LogP contribution in [-0.2, 0) is 6.42 Å². The number of nitrogens with one attached hydrogen (secondary N) is 1. The molecule has 0 aliphatic carbocycles. The highest BCUT2D eigenvalue weighted by Gasteiger charge is 2.35. The fourth-order valence-electron chi connectivity index (χ4n) is 3.90. The van der Waals surface area contributed by atoms with Gasteiger partial charge in [0.1, 0.15) is 0 Å². The topological polar surface area (TPSA) is 18.5 Å². The summed E-state index contributed by atoms with van der Waals surface area (Å²) in [5.41, 5.74) is 1.47. The smallest absolute Gasteiger partial charge is 0.0377 e. The van der Waals surface area contributed by atoms with E-state index in [1.165, 1.54) is 57.5 Å². The zero-order valence-corrected chi connectivity index (χ0v) is 13.3. The molecule has 0 saturated carbocycles. The van der Waals surface area contributed by atoms with E-state index in [1.54, 1.807) is 0 Å². The molecule has 3 heteroatoms. The lowest BCUT2D eigenvalue weighted by atomic mass is 9.94. The molecule has 0 aromatic heterocycles. The van der Waals surface area contributed by atoms with Crippen LogP contribution < -0.4 is 5.32 Å². The predicted octanol–water partition coefficient (Wildman–Crippen LogP) is 1.99. The van der Waals surface area contributed by atoms with Gasteiger partial charge in [-0.05, 0) is 31.4 Å². The molecule has 3 heterocycles. The monoisotopic (exact) mass is 287 g/mol. The fourth-order valence-corrected chi connectivity index (χ4v) is 3.90. The van der Waals surface area contributed by atoms with E-state index in [4.69, 9.17) is 0 Å². The van der Waals surface area contributed by atoms with Gasteiger partial charge in [-0.15, -0.1) is 0 Å². The van der Waals surface area contributed by atoms with Crippen LogP contribution in [-0.4, -0.2) is 61.2 Å². The Hall–Kier alpha value is -0.900. The maximum atomic E-state index is 3.76. The van der Waals surface area contributed by atoms with Crippen molar-refractivity contribution in [1.29, 1.82) is 0 Å². The van der Waals surface area contributed by atoms with Crippen molar-refractivity contribution in [3.05, 3.63) is 35.9 Å². The molecule has 1 aromatic rings. The average molecular weight is 287 g/mol. The number of likely N-dealkylation sites (N-methyl/N-ethyl adjacent to an activating group) is 1.